The van der Waals surface area contributed by atoms with Crippen molar-refractivity contribution in [2.24, 2.45) is 5.73 Å². The number of para-hydroxylation sites is 2. The summed E-state index contributed by atoms with van der Waals surface area (Å²) in [5.41, 5.74) is 7.82. The van der Waals surface area contributed by atoms with Crippen LogP contribution >= 0.6 is 12.2 Å². The molecule has 2 aromatic rings. The van der Waals surface area contributed by atoms with Gasteiger partial charge in [-0.15, -0.1) is 0 Å². The van der Waals surface area contributed by atoms with E-state index in [9.17, 15) is 0 Å². The van der Waals surface area contributed by atoms with Crippen molar-refractivity contribution < 1.29 is 0 Å². The van der Waals surface area contributed by atoms with Gasteiger partial charge in [-0.2, -0.15) is 0 Å². The van der Waals surface area contributed by atoms with E-state index in [1.165, 1.54) is 0 Å². The SMILES string of the molecule is CCc1nc2ccccc2n1C(C)C(N)=S. The number of fused-ring (bicyclic) bond motifs is 1. The lowest BCUT2D eigenvalue weighted by Crippen LogP contribution is -2.23. The van der Waals surface area contributed by atoms with E-state index in [-0.39, 0.29) is 6.04 Å². The van der Waals surface area contributed by atoms with Crippen molar-refractivity contribution in [2.75, 3.05) is 0 Å². The molecule has 0 bridgehead atoms. The smallest absolute Gasteiger partial charge is 0.110 e. The highest BCUT2D eigenvalue weighted by molar-refractivity contribution is 7.80. The summed E-state index contributed by atoms with van der Waals surface area (Å²) in [5, 5.41) is 0. The minimum atomic E-state index is 0.0114. The van der Waals surface area contributed by atoms with Crippen molar-refractivity contribution >= 4 is 28.2 Å². The van der Waals surface area contributed by atoms with Crippen LogP contribution in [0.25, 0.3) is 11.0 Å². The first kappa shape index (κ1) is 11.1. The van der Waals surface area contributed by atoms with Crippen molar-refractivity contribution in [3.05, 3.63) is 30.1 Å². The molecule has 0 aliphatic rings. The van der Waals surface area contributed by atoms with Crippen molar-refractivity contribution in [1.82, 2.24) is 9.55 Å². The van der Waals surface area contributed by atoms with Crippen LogP contribution in [-0.4, -0.2) is 14.5 Å². The Morgan fingerprint density at radius 1 is 1.50 bits per heavy atom. The first-order chi connectivity index (χ1) is 7.65. The number of hydrogen-bond acceptors (Lipinski definition) is 2. The molecule has 16 heavy (non-hydrogen) atoms. The number of nitrogens with zero attached hydrogens (tertiary/aromatic N) is 2. The maximum absolute atomic E-state index is 5.72. The molecule has 1 aromatic heterocycles. The second kappa shape index (κ2) is 4.22. The molecule has 3 nitrogen and oxygen atoms in total. The third kappa shape index (κ3) is 1.69. The average molecular weight is 233 g/mol. The minimum absolute atomic E-state index is 0.0114. The number of thiocarbonyl (C=S) groups is 1. The van der Waals surface area contributed by atoms with Gasteiger partial charge in [-0.05, 0) is 19.1 Å². The molecule has 0 amide bonds. The molecule has 1 aromatic carbocycles. The summed E-state index contributed by atoms with van der Waals surface area (Å²) in [6, 6.07) is 8.07. The molecular weight excluding hydrogens is 218 g/mol. The lowest BCUT2D eigenvalue weighted by Gasteiger charge is -2.15. The van der Waals surface area contributed by atoms with E-state index in [0.717, 1.165) is 23.3 Å². The van der Waals surface area contributed by atoms with Crippen LogP contribution in [0.4, 0.5) is 0 Å². The number of imidazole rings is 1. The van der Waals surface area contributed by atoms with Crippen LogP contribution in [0.5, 0.6) is 0 Å². The Morgan fingerprint density at radius 3 is 2.81 bits per heavy atom. The molecule has 0 aliphatic heterocycles. The van der Waals surface area contributed by atoms with Crippen molar-refractivity contribution in [3.63, 3.8) is 0 Å². The zero-order valence-corrected chi connectivity index (χ0v) is 10.3. The van der Waals surface area contributed by atoms with Crippen LogP contribution in [0.2, 0.25) is 0 Å². The van der Waals surface area contributed by atoms with E-state index in [1.807, 2.05) is 25.1 Å². The second-order valence-electron chi connectivity index (χ2n) is 3.82. The van der Waals surface area contributed by atoms with E-state index in [4.69, 9.17) is 18.0 Å². The third-order valence-electron chi connectivity index (χ3n) is 2.78. The normalized spacial score (nSPS) is 12.9. The van der Waals surface area contributed by atoms with Crippen LogP contribution in [-0.2, 0) is 6.42 Å². The van der Waals surface area contributed by atoms with Crippen LogP contribution in [0.3, 0.4) is 0 Å². The Kier molecular flexibility index (Phi) is 2.92. The maximum atomic E-state index is 5.72. The molecule has 0 aliphatic carbocycles. The van der Waals surface area contributed by atoms with Gasteiger partial charge < -0.3 is 10.3 Å². The molecule has 2 N–H and O–H groups in total. The van der Waals surface area contributed by atoms with Crippen LogP contribution in [0.1, 0.15) is 25.7 Å². The Morgan fingerprint density at radius 2 is 2.19 bits per heavy atom. The summed E-state index contributed by atoms with van der Waals surface area (Å²) < 4.78 is 2.12. The van der Waals surface area contributed by atoms with E-state index < -0.39 is 0 Å². The first-order valence-corrected chi connectivity index (χ1v) is 5.81. The number of hydrogen-bond donors (Lipinski definition) is 1. The summed E-state index contributed by atoms with van der Waals surface area (Å²) in [6.45, 7) is 4.10. The van der Waals surface area contributed by atoms with Crippen molar-refractivity contribution in [2.45, 2.75) is 26.3 Å². The predicted octanol–water partition coefficient (Wildman–Crippen LogP) is 2.45. The van der Waals surface area contributed by atoms with Gasteiger partial charge in [0.15, 0.2) is 0 Å². The Balaban J connectivity index is 2.69. The highest BCUT2D eigenvalue weighted by Gasteiger charge is 2.15. The number of nitrogens with two attached hydrogens (primary N) is 1. The largest absolute Gasteiger partial charge is 0.392 e. The average Bonchev–Trinajstić information content (AvgIpc) is 2.66. The van der Waals surface area contributed by atoms with E-state index >= 15 is 0 Å². The quantitative estimate of drug-likeness (QED) is 0.828. The fraction of sp³-hybridized carbons (Fsp3) is 0.333. The van der Waals surface area contributed by atoms with Gasteiger partial charge in [-0.25, -0.2) is 4.98 Å². The lowest BCUT2D eigenvalue weighted by molar-refractivity contribution is 0.674. The molecule has 0 fully saturated rings. The summed E-state index contributed by atoms with van der Waals surface area (Å²) in [6.07, 6.45) is 0.877. The zero-order valence-electron chi connectivity index (χ0n) is 9.47. The summed E-state index contributed by atoms with van der Waals surface area (Å²) >= 11 is 5.07. The van der Waals surface area contributed by atoms with Gasteiger partial charge >= 0.3 is 0 Å². The number of rotatable bonds is 3. The zero-order chi connectivity index (χ0) is 11.7. The molecule has 1 unspecified atom stereocenters. The predicted molar refractivity (Wildman–Crippen MR) is 70.6 cm³/mol. The molecule has 4 heteroatoms. The Bertz CT molecular complexity index is 530. The highest BCUT2D eigenvalue weighted by Crippen LogP contribution is 2.21. The summed E-state index contributed by atoms with van der Waals surface area (Å²) in [7, 11) is 0. The molecule has 0 radical (unpaired) electrons. The molecule has 2 rings (SSSR count). The molecule has 1 atom stereocenters. The third-order valence-corrected chi connectivity index (χ3v) is 3.13. The monoisotopic (exact) mass is 233 g/mol. The van der Waals surface area contributed by atoms with Crippen LogP contribution in [0, 0.1) is 0 Å². The molecule has 84 valence electrons. The number of benzene rings is 1. The minimum Gasteiger partial charge on any atom is -0.392 e. The van der Waals surface area contributed by atoms with E-state index in [0.29, 0.717) is 4.99 Å². The van der Waals surface area contributed by atoms with E-state index in [2.05, 4.69) is 22.5 Å². The Hall–Kier alpha value is -1.42. The molecule has 0 spiro atoms. The fourth-order valence-corrected chi connectivity index (χ4v) is 2.01. The highest BCUT2D eigenvalue weighted by atomic mass is 32.1. The standard InChI is InChI=1S/C12H15N3S/c1-3-11-14-9-6-4-5-7-10(9)15(11)8(2)12(13)16/h4-8H,3H2,1-2H3,(H2,13,16). The van der Waals surface area contributed by atoms with Gasteiger partial charge in [0.1, 0.15) is 5.82 Å². The van der Waals surface area contributed by atoms with Gasteiger partial charge in [0.05, 0.1) is 22.1 Å². The first-order valence-electron chi connectivity index (χ1n) is 5.40. The van der Waals surface area contributed by atoms with Gasteiger partial charge in [0, 0.05) is 6.42 Å². The lowest BCUT2D eigenvalue weighted by atomic mass is 10.2. The molecule has 0 saturated carbocycles. The number of aryl methyl sites for hydroxylation is 1. The van der Waals surface area contributed by atoms with Crippen molar-refractivity contribution in [3.8, 4) is 0 Å². The van der Waals surface area contributed by atoms with Crippen LogP contribution in [0.15, 0.2) is 24.3 Å². The van der Waals surface area contributed by atoms with Gasteiger partial charge in [-0.3, -0.25) is 0 Å². The second-order valence-corrected chi connectivity index (χ2v) is 4.29. The maximum Gasteiger partial charge on any atom is 0.110 e. The topological polar surface area (TPSA) is 43.8 Å². The number of aromatic nitrogens is 2. The van der Waals surface area contributed by atoms with Gasteiger partial charge in [0.25, 0.3) is 0 Å². The van der Waals surface area contributed by atoms with Crippen molar-refractivity contribution in [1.29, 1.82) is 0 Å². The van der Waals surface area contributed by atoms with Gasteiger partial charge in [0.2, 0.25) is 0 Å². The summed E-state index contributed by atoms with van der Waals surface area (Å²) in [4.78, 5) is 5.08. The fourth-order valence-electron chi connectivity index (χ4n) is 1.90. The van der Waals surface area contributed by atoms with E-state index in [1.54, 1.807) is 0 Å². The Labute approximate surface area is 100 Å². The molecule has 0 saturated heterocycles. The van der Waals surface area contributed by atoms with Gasteiger partial charge in [-0.1, -0.05) is 31.3 Å². The summed E-state index contributed by atoms with van der Waals surface area (Å²) in [5.74, 6) is 1.03. The van der Waals surface area contributed by atoms with Crippen LogP contribution < -0.4 is 5.73 Å². The molecular formula is C12H15N3S. The molecule has 1 heterocycles.